The SMILES string of the molecule is CC(=O)c1cc(C#CC2COC2)n(-c2ccc(C#N)cc2)c1C.Cc1c(C(=O)CN2C3CCC2[C@@H](O)C3)cc(C#CC2COC2)n1-c1ccc(C#N)cc1. The predicted octanol–water partition coefficient (Wildman–Crippen LogP) is 5.29. The van der Waals surface area contributed by atoms with Crippen LogP contribution in [0.5, 0.6) is 0 Å². The maximum absolute atomic E-state index is 13.3. The average Bonchev–Trinajstić information content (AvgIpc) is 3.86. The van der Waals surface area contributed by atoms with Crippen LogP contribution in [0, 0.1) is 72.0 Å². The summed E-state index contributed by atoms with van der Waals surface area (Å²) in [6.45, 7) is 8.37. The molecular weight excluding hydrogens is 679 g/mol. The average molecular weight is 720 g/mol. The van der Waals surface area contributed by atoms with Crippen molar-refractivity contribution in [2.45, 2.75) is 58.2 Å². The molecule has 10 heteroatoms. The zero-order chi connectivity index (χ0) is 37.9. The molecular formula is C44H41N5O5. The van der Waals surface area contributed by atoms with Crippen LogP contribution in [0.25, 0.3) is 11.4 Å². The summed E-state index contributed by atoms with van der Waals surface area (Å²) in [6, 6.07) is 23.0. The smallest absolute Gasteiger partial charge is 0.178 e. The summed E-state index contributed by atoms with van der Waals surface area (Å²) < 4.78 is 14.3. The van der Waals surface area contributed by atoms with E-state index in [0.29, 0.717) is 61.3 Å². The summed E-state index contributed by atoms with van der Waals surface area (Å²) in [5.74, 6) is 13.4. The lowest BCUT2D eigenvalue weighted by atomic mass is 9.98. The molecule has 1 N–H and O–H groups in total. The third-order valence-electron chi connectivity index (χ3n) is 10.7. The number of rotatable bonds is 6. The number of benzene rings is 2. The third-order valence-corrected chi connectivity index (χ3v) is 10.7. The minimum Gasteiger partial charge on any atom is -0.391 e. The van der Waals surface area contributed by atoms with E-state index in [-0.39, 0.29) is 35.5 Å². The molecule has 0 amide bonds. The number of nitrogens with zero attached hydrogens (tertiary/aromatic N) is 5. The number of hydrogen-bond donors (Lipinski definition) is 1. The van der Waals surface area contributed by atoms with Crippen molar-refractivity contribution in [3.63, 3.8) is 0 Å². The monoisotopic (exact) mass is 719 g/mol. The van der Waals surface area contributed by atoms with E-state index in [4.69, 9.17) is 20.0 Å². The molecule has 10 nitrogen and oxygen atoms in total. The Hall–Kier alpha value is -5.72. The minimum atomic E-state index is -0.318. The van der Waals surface area contributed by atoms with Crippen LogP contribution in [0.15, 0.2) is 60.7 Å². The van der Waals surface area contributed by atoms with Gasteiger partial charge < -0.3 is 23.7 Å². The van der Waals surface area contributed by atoms with E-state index in [1.807, 2.05) is 59.4 Å². The first kappa shape index (κ1) is 36.6. The Balaban J connectivity index is 0.000000175. The van der Waals surface area contributed by atoms with Crippen molar-refractivity contribution in [1.82, 2.24) is 14.0 Å². The Labute approximate surface area is 315 Å². The van der Waals surface area contributed by atoms with E-state index in [1.54, 1.807) is 31.2 Å². The number of nitriles is 2. The Morgan fingerprint density at radius 2 is 1.24 bits per heavy atom. The molecule has 2 aromatic carbocycles. The second-order valence-corrected chi connectivity index (χ2v) is 14.3. The number of ether oxygens (including phenoxy) is 2. The number of aliphatic hydroxyl groups excluding tert-OH is 1. The fourth-order valence-electron chi connectivity index (χ4n) is 7.63. The fourth-order valence-corrected chi connectivity index (χ4v) is 7.63. The van der Waals surface area contributed by atoms with E-state index >= 15 is 0 Å². The van der Waals surface area contributed by atoms with Crippen LogP contribution >= 0.6 is 0 Å². The van der Waals surface area contributed by atoms with Crippen molar-refractivity contribution >= 4 is 11.6 Å². The fraction of sp³-hybridized carbons (Fsp3) is 0.364. The number of aliphatic hydroxyl groups is 1. The summed E-state index contributed by atoms with van der Waals surface area (Å²) in [6.07, 6.45) is 2.47. The highest BCUT2D eigenvalue weighted by molar-refractivity contribution is 5.99. The molecule has 4 saturated heterocycles. The molecule has 4 aromatic rings. The standard InChI is InChI=1S/C25H25N3O3.C19H16N2O2/c1-16-22(25(30)13-27-20-8-9-23(27)24(29)11-20)10-21(7-4-18-14-31-15-18)28(16)19-5-2-17(12-26)3-6-19;1-13-19(14(2)22)9-18(8-5-16-11-23-12-16)21(13)17-6-3-15(10-20)4-7-17/h2-3,5-6,10,18,20,23-24,29H,8-9,11,13-15H2,1H3;3-4,6-7,9,16H,11-12H2,1-2H3/t20?,23?,24-;/m0./s1. The zero-order valence-electron chi connectivity index (χ0n) is 30.6. The van der Waals surface area contributed by atoms with Gasteiger partial charge >= 0.3 is 0 Å². The Morgan fingerprint density at radius 3 is 1.63 bits per heavy atom. The molecule has 0 radical (unpaired) electrons. The van der Waals surface area contributed by atoms with Gasteiger partial charge in [-0.1, -0.05) is 11.8 Å². The first-order valence-corrected chi connectivity index (χ1v) is 18.3. The van der Waals surface area contributed by atoms with Gasteiger partial charge in [-0.15, -0.1) is 0 Å². The number of carbonyl (C=O) groups excluding carboxylic acids is 2. The highest BCUT2D eigenvalue weighted by atomic mass is 16.5. The van der Waals surface area contributed by atoms with Gasteiger partial charge in [-0.25, -0.2) is 0 Å². The molecule has 0 aliphatic carbocycles. The van der Waals surface area contributed by atoms with E-state index in [0.717, 1.165) is 53.4 Å². The molecule has 4 fully saturated rings. The molecule has 6 heterocycles. The van der Waals surface area contributed by atoms with E-state index in [2.05, 4.69) is 40.7 Å². The lowest BCUT2D eigenvalue weighted by Gasteiger charge is -2.21. The topological polar surface area (TPSA) is 134 Å². The molecule has 2 unspecified atom stereocenters. The molecule has 0 spiro atoms. The van der Waals surface area contributed by atoms with Gasteiger partial charge in [0.1, 0.15) is 0 Å². The van der Waals surface area contributed by atoms with Gasteiger partial charge in [0.05, 0.1) is 85.6 Å². The van der Waals surface area contributed by atoms with Crippen molar-refractivity contribution in [2.24, 2.45) is 11.8 Å². The number of hydrogen-bond acceptors (Lipinski definition) is 8. The van der Waals surface area contributed by atoms with Crippen molar-refractivity contribution in [3.8, 4) is 47.2 Å². The summed E-state index contributed by atoms with van der Waals surface area (Å²) in [5.41, 5.74) is 7.54. The summed E-state index contributed by atoms with van der Waals surface area (Å²) in [4.78, 5) is 27.3. The molecule has 8 rings (SSSR count). The Kier molecular flexibility index (Phi) is 10.7. The van der Waals surface area contributed by atoms with Crippen LogP contribution in [0.2, 0.25) is 0 Å². The number of aromatic nitrogens is 2. The van der Waals surface area contributed by atoms with Gasteiger partial charge in [0.25, 0.3) is 0 Å². The van der Waals surface area contributed by atoms with Crippen molar-refractivity contribution < 1.29 is 24.2 Å². The first-order valence-electron chi connectivity index (χ1n) is 18.3. The van der Waals surface area contributed by atoms with Crippen LogP contribution in [-0.4, -0.2) is 81.9 Å². The molecule has 3 atom stereocenters. The third kappa shape index (κ3) is 7.39. The van der Waals surface area contributed by atoms with Gasteiger partial charge in [-0.05, 0) is 113 Å². The summed E-state index contributed by atoms with van der Waals surface area (Å²) >= 11 is 0. The lowest BCUT2D eigenvalue weighted by Crippen LogP contribution is -2.36. The lowest BCUT2D eigenvalue weighted by molar-refractivity contribution is -0.00305. The van der Waals surface area contributed by atoms with E-state index in [1.165, 1.54) is 0 Å². The molecule has 4 aliphatic heterocycles. The zero-order valence-corrected chi connectivity index (χ0v) is 30.6. The molecule has 54 heavy (non-hydrogen) atoms. The predicted molar refractivity (Wildman–Crippen MR) is 201 cm³/mol. The first-order chi connectivity index (χ1) is 26.1. The quantitative estimate of drug-likeness (QED) is 0.210. The van der Waals surface area contributed by atoms with E-state index in [9.17, 15) is 14.7 Å². The summed E-state index contributed by atoms with van der Waals surface area (Å²) in [5, 5.41) is 28.2. The van der Waals surface area contributed by atoms with Gasteiger partial charge in [0.15, 0.2) is 11.6 Å². The van der Waals surface area contributed by atoms with Crippen LogP contribution < -0.4 is 0 Å². The van der Waals surface area contributed by atoms with Crippen LogP contribution in [-0.2, 0) is 9.47 Å². The Bertz CT molecular complexity index is 2290. The van der Waals surface area contributed by atoms with Gasteiger partial charge in [-0.3, -0.25) is 14.5 Å². The highest BCUT2D eigenvalue weighted by Crippen LogP contribution is 2.38. The second kappa shape index (κ2) is 15.7. The molecule has 0 saturated carbocycles. The molecule has 272 valence electrons. The molecule has 4 aliphatic rings. The van der Waals surface area contributed by atoms with Gasteiger partial charge in [0.2, 0.25) is 0 Å². The van der Waals surface area contributed by atoms with Crippen LogP contribution in [0.4, 0.5) is 0 Å². The Morgan fingerprint density at radius 1 is 0.759 bits per heavy atom. The summed E-state index contributed by atoms with van der Waals surface area (Å²) in [7, 11) is 0. The van der Waals surface area contributed by atoms with E-state index < -0.39 is 0 Å². The second-order valence-electron chi connectivity index (χ2n) is 14.3. The van der Waals surface area contributed by atoms with Gasteiger partial charge in [0, 0.05) is 46.0 Å². The maximum atomic E-state index is 13.3. The number of Topliss-reactive ketones (excluding diaryl/α,β-unsaturated/α-hetero) is 2. The van der Waals surface area contributed by atoms with Crippen LogP contribution in [0.1, 0.15) is 80.8 Å². The number of carbonyl (C=O) groups is 2. The van der Waals surface area contributed by atoms with Gasteiger partial charge in [-0.2, -0.15) is 10.5 Å². The van der Waals surface area contributed by atoms with Crippen LogP contribution in [0.3, 0.4) is 0 Å². The van der Waals surface area contributed by atoms with Crippen molar-refractivity contribution in [1.29, 1.82) is 10.5 Å². The largest absolute Gasteiger partial charge is 0.391 e. The van der Waals surface area contributed by atoms with Crippen molar-refractivity contribution in [3.05, 3.63) is 106 Å². The molecule has 2 bridgehead atoms. The highest BCUT2D eigenvalue weighted by Gasteiger charge is 2.46. The minimum absolute atomic E-state index is 0.0184. The molecule has 2 aromatic heterocycles. The number of fused-ring (bicyclic) bond motifs is 2. The normalized spacial score (nSPS) is 20.1. The number of ketones is 2. The van der Waals surface area contributed by atoms with Crippen molar-refractivity contribution in [2.75, 3.05) is 33.0 Å². The maximum Gasteiger partial charge on any atom is 0.178 e.